The van der Waals surface area contributed by atoms with Crippen molar-refractivity contribution in [3.63, 3.8) is 0 Å². The Kier molecular flexibility index (Phi) is 7.94. The minimum absolute atomic E-state index is 0.00575. The van der Waals surface area contributed by atoms with Gasteiger partial charge in [0.25, 0.3) is 0 Å². The molecular weight excluding hydrogens is 542 g/mol. The van der Waals surface area contributed by atoms with Crippen molar-refractivity contribution in [1.29, 1.82) is 0 Å². The van der Waals surface area contributed by atoms with Crippen molar-refractivity contribution in [2.24, 2.45) is 22.7 Å². The van der Waals surface area contributed by atoms with Crippen LogP contribution in [0.25, 0.3) is 0 Å². The summed E-state index contributed by atoms with van der Waals surface area (Å²) >= 11 is 6.95. The van der Waals surface area contributed by atoms with Crippen molar-refractivity contribution in [3.05, 3.63) is 81.0 Å². The lowest BCUT2D eigenvalue weighted by Gasteiger charge is -2.53. The molecule has 3 aliphatic rings. The summed E-state index contributed by atoms with van der Waals surface area (Å²) in [5.41, 5.74) is 12.0. The van der Waals surface area contributed by atoms with Gasteiger partial charge in [0.15, 0.2) is 0 Å². The smallest absolute Gasteiger partial charge is 0.0479 e. The first-order valence-corrected chi connectivity index (χ1v) is 17.3. The maximum atomic E-state index is 6.95. The van der Waals surface area contributed by atoms with E-state index >= 15 is 0 Å². The average molecular weight is 600 g/mol. The van der Waals surface area contributed by atoms with Gasteiger partial charge in [-0.3, -0.25) is 0 Å². The van der Waals surface area contributed by atoms with E-state index in [1.165, 1.54) is 59.3 Å². The second-order valence-electron chi connectivity index (χ2n) is 17.6. The molecule has 5 rings (SSSR count). The van der Waals surface area contributed by atoms with Gasteiger partial charge in [0.05, 0.1) is 0 Å². The Morgan fingerprint density at radius 2 is 1.47 bits per heavy atom. The highest BCUT2D eigenvalue weighted by Gasteiger charge is 2.49. The lowest BCUT2D eigenvalue weighted by molar-refractivity contribution is 0.0929. The monoisotopic (exact) mass is 599 g/mol. The Hall–Kier alpha value is -1.99. The van der Waals surface area contributed by atoms with Gasteiger partial charge in [0.1, 0.15) is 0 Å². The lowest BCUT2D eigenvalue weighted by Crippen LogP contribution is -2.44. The fraction of sp³-hybridized carbons (Fsp3) is 0.610. The van der Waals surface area contributed by atoms with E-state index in [1.807, 2.05) is 0 Å². The SMILES string of the molecule is CCC1(C)CCC(C)(C)c2ccc(N(C3=C(C)C(C)C4C(=C3)C(C)(C)CCC4(C)C)c3cc(Cl)cc(C(C)(C)C)c3)cc21. The molecule has 43 heavy (non-hydrogen) atoms. The van der Waals surface area contributed by atoms with E-state index in [2.05, 4.69) is 137 Å². The highest BCUT2D eigenvalue weighted by atomic mass is 35.5. The van der Waals surface area contributed by atoms with Crippen LogP contribution < -0.4 is 4.90 Å². The van der Waals surface area contributed by atoms with E-state index in [1.54, 1.807) is 5.57 Å². The van der Waals surface area contributed by atoms with Crippen LogP contribution >= 0.6 is 11.6 Å². The fourth-order valence-corrected chi connectivity index (χ4v) is 8.77. The molecule has 234 valence electrons. The van der Waals surface area contributed by atoms with E-state index in [0.717, 1.165) is 17.1 Å². The summed E-state index contributed by atoms with van der Waals surface area (Å²) in [7, 11) is 0. The number of halogens is 1. The first-order chi connectivity index (χ1) is 19.7. The number of rotatable bonds is 4. The molecule has 1 fully saturated rings. The molecule has 3 unspecified atom stereocenters. The second-order valence-corrected chi connectivity index (χ2v) is 18.1. The van der Waals surface area contributed by atoms with E-state index in [4.69, 9.17) is 11.6 Å². The van der Waals surface area contributed by atoms with E-state index in [9.17, 15) is 0 Å². The molecule has 2 heteroatoms. The van der Waals surface area contributed by atoms with Gasteiger partial charge < -0.3 is 4.90 Å². The summed E-state index contributed by atoms with van der Waals surface area (Å²) < 4.78 is 0. The van der Waals surface area contributed by atoms with Gasteiger partial charge in [-0.15, -0.1) is 0 Å². The number of nitrogens with zero attached hydrogens (tertiary/aromatic N) is 1. The Labute approximate surface area is 269 Å². The van der Waals surface area contributed by atoms with Gasteiger partial charge in [-0.2, -0.15) is 0 Å². The maximum Gasteiger partial charge on any atom is 0.0479 e. The summed E-state index contributed by atoms with van der Waals surface area (Å²) in [6, 6.07) is 14.1. The Balaban J connectivity index is 1.81. The van der Waals surface area contributed by atoms with Crippen molar-refractivity contribution in [1.82, 2.24) is 0 Å². The first kappa shape index (κ1) is 32.4. The van der Waals surface area contributed by atoms with Crippen molar-refractivity contribution >= 4 is 23.0 Å². The molecule has 0 amide bonds. The van der Waals surface area contributed by atoms with Crippen molar-refractivity contribution in [3.8, 4) is 0 Å². The molecule has 3 aliphatic carbocycles. The second kappa shape index (κ2) is 10.5. The minimum Gasteiger partial charge on any atom is -0.310 e. The Morgan fingerprint density at radius 3 is 2.09 bits per heavy atom. The van der Waals surface area contributed by atoms with Gasteiger partial charge in [-0.1, -0.05) is 106 Å². The van der Waals surface area contributed by atoms with Crippen molar-refractivity contribution in [2.45, 2.75) is 138 Å². The highest BCUT2D eigenvalue weighted by Crippen LogP contribution is 2.59. The number of anilines is 2. The molecule has 0 aliphatic heterocycles. The third-order valence-corrected chi connectivity index (χ3v) is 12.4. The summed E-state index contributed by atoms with van der Waals surface area (Å²) in [6.45, 7) is 31.4. The third kappa shape index (κ3) is 5.55. The third-order valence-electron chi connectivity index (χ3n) is 12.2. The molecule has 0 heterocycles. The van der Waals surface area contributed by atoms with Crippen LogP contribution in [-0.4, -0.2) is 0 Å². The average Bonchev–Trinajstić information content (AvgIpc) is 2.91. The van der Waals surface area contributed by atoms with Gasteiger partial charge in [0, 0.05) is 22.1 Å². The summed E-state index contributed by atoms with van der Waals surface area (Å²) in [5.74, 6) is 1.02. The fourth-order valence-electron chi connectivity index (χ4n) is 8.54. The van der Waals surface area contributed by atoms with Gasteiger partial charge in [0.2, 0.25) is 0 Å². The van der Waals surface area contributed by atoms with Crippen molar-refractivity contribution < 1.29 is 0 Å². The van der Waals surface area contributed by atoms with E-state index < -0.39 is 0 Å². The number of fused-ring (bicyclic) bond motifs is 2. The quantitative estimate of drug-likeness (QED) is 0.338. The highest BCUT2D eigenvalue weighted by molar-refractivity contribution is 6.31. The molecule has 0 N–H and O–H groups in total. The van der Waals surface area contributed by atoms with Crippen LogP contribution in [0.15, 0.2) is 59.3 Å². The Bertz CT molecular complexity index is 1480. The molecule has 0 aromatic heterocycles. The molecular formula is C41H58ClN. The summed E-state index contributed by atoms with van der Waals surface area (Å²) in [5, 5.41) is 0.802. The van der Waals surface area contributed by atoms with Gasteiger partial charge in [-0.25, -0.2) is 0 Å². The largest absolute Gasteiger partial charge is 0.310 e. The number of hydrogen-bond donors (Lipinski definition) is 0. The van der Waals surface area contributed by atoms with Crippen LogP contribution in [0.3, 0.4) is 0 Å². The standard InChI is InChI=1S/C41H58ClN/c1-14-41(13)20-19-38(7,8)32-16-15-30(24-33(32)41)43(31-22-28(37(4,5)6)21-29(42)23-31)35-25-34-36(27(3)26(35)2)40(11,12)18-17-39(34,9)10/h15-16,21-25,27,36H,14,17-20H2,1-13H3. The molecule has 2 aromatic carbocycles. The van der Waals surface area contributed by atoms with Crippen LogP contribution in [0.2, 0.25) is 5.02 Å². The minimum atomic E-state index is -0.00575. The van der Waals surface area contributed by atoms with Crippen LogP contribution in [0.1, 0.15) is 139 Å². The molecule has 1 saturated carbocycles. The van der Waals surface area contributed by atoms with E-state index in [0.29, 0.717) is 11.8 Å². The first-order valence-electron chi connectivity index (χ1n) is 16.9. The van der Waals surface area contributed by atoms with Crippen LogP contribution in [0, 0.1) is 22.7 Å². The molecule has 0 radical (unpaired) electrons. The summed E-state index contributed by atoms with van der Waals surface area (Å²) in [4.78, 5) is 2.56. The number of benzene rings is 2. The normalized spacial score (nSPS) is 27.7. The van der Waals surface area contributed by atoms with E-state index in [-0.39, 0.29) is 27.1 Å². The van der Waals surface area contributed by atoms with Gasteiger partial charge in [-0.05, 0) is 137 Å². The predicted octanol–water partition coefficient (Wildman–Crippen LogP) is 12.8. The molecule has 1 nitrogen and oxygen atoms in total. The van der Waals surface area contributed by atoms with Crippen molar-refractivity contribution in [2.75, 3.05) is 4.90 Å². The zero-order chi connectivity index (χ0) is 31.9. The van der Waals surface area contributed by atoms with Crippen LogP contribution in [0.4, 0.5) is 11.4 Å². The summed E-state index contributed by atoms with van der Waals surface area (Å²) in [6.07, 6.45) is 8.72. The Morgan fingerprint density at radius 1 is 0.814 bits per heavy atom. The molecule has 0 spiro atoms. The maximum absolute atomic E-state index is 6.95. The zero-order valence-electron chi connectivity index (χ0n) is 29.6. The molecule has 3 atom stereocenters. The van der Waals surface area contributed by atoms with Gasteiger partial charge >= 0.3 is 0 Å². The predicted molar refractivity (Wildman–Crippen MR) is 189 cm³/mol. The molecule has 0 bridgehead atoms. The number of allylic oxidation sites excluding steroid dienone is 3. The van der Waals surface area contributed by atoms with Crippen LogP contribution in [-0.2, 0) is 16.2 Å². The molecule has 0 saturated heterocycles. The number of hydrogen-bond acceptors (Lipinski definition) is 1. The lowest BCUT2D eigenvalue weighted by atomic mass is 9.52. The molecule has 2 aromatic rings. The van der Waals surface area contributed by atoms with Crippen LogP contribution in [0.5, 0.6) is 0 Å². The zero-order valence-corrected chi connectivity index (χ0v) is 30.3. The topological polar surface area (TPSA) is 3.24 Å².